The highest BCUT2D eigenvalue weighted by molar-refractivity contribution is 7.85. The van der Waals surface area contributed by atoms with E-state index < -0.39 is 12.6 Å². The summed E-state index contributed by atoms with van der Waals surface area (Å²) in [6.45, 7) is 0. The fourth-order valence-electron chi connectivity index (χ4n) is 9.37. The van der Waals surface area contributed by atoms with Gasteiger partial charge in [0.05, 0.1) is 28.2 Å². The van der Waals surface area contributed by atoms with Crippen LogP contribution in [0.4, 0.5) is 0 Å². The highest BCUT2D eigenvalue weighted by Crippen LogP contribution is 2.62. The summed E-state index contributed by atoms with van der Waals surface area (Å²) in [6, 6.07) is 61.2. The van der Waals surface area contributed by atoms with Crippen LogP contribution in [0.15, 0.2) is 199 Å². The maximum Gasteiger partial charge on any atom is 0.171 e. The third-order valence-corrected chi connectivity index (χ3v) is 15.1. The average Bonchev–Trinajstić information content (AvgIpc) is 3.68. The van der Waals surface area contributed by atoms with Crippen LogP contribution in [0, 0.1) is 0 Å². The fourth-order valence-corrected chi connectivity index (χ4v) is 12.5. The van der Waals surface area contributed by atoms with E-state index in [2.05, 4.69) is 88.8 Å². The minimum absolute atomic E-state index is 0.705. The highest BCUT2D eigenvalue weighted by Gasteiger charge is 2.55. The second kappa shape index (κ2) is 12.8. The summed E-state index contributed by atoms with van der Waals surface area (Å²) in [5.41, 5.74) is 9.38. The van der Waals surface area contributed by atoms with Gasteiger partial charge in [-0.3, -0.25) is 9.97 Å². The summed E-state index contributed by atoms with van der Waals surface area (Å²) in [5.74, 6) is 1.45. The first-order valence-corrected chi connectivity index (χ1v) is 21.3. The van der Waals surface area contributed by atoms with Crippen LogP contribution in [-0.2, 0) is 9.98 Å². The zero-order valence-electron chi connectivity index (χ0n) is 31.5. The van der Waals surface area contributed by atoms with Gasteiger partial charge in [0.25, 0.3) is 0 Å². The van der Waals surface area contributed by atoms with Crippen molar-refractivity contribution >= 4 is 45.0 Å². The number of pyridine rings is 3. The Labute approximate surface area is 339 Å². The van der Waals surface area contributed by atoms with Crippen molar-refractivity contribution in [3.63, 3.8) is 0 Å². The van der Waals surface area contributed by atoms with E-state index in [1.807, 2.05) is 103 Å². The topological polar surface area (TPSA) is 78.1 Å². The van der Waals surface area contributed by atoms with Gasteiger partial charge in [-0.1, -0.05) is 115 Å². The van der Waals surface area contributed by atoms with Gasteiger partial charge in [-0.05, 0) is 89.0 Å². The minimum Gasteiger partial charge on any atom is -0.457 e. The molecule has 2 aliphatic heterocycles. The lowest BCUT2D eigenvalue weighted by molar-refractivity contribution is 0.435. The minimum atomic E-state index is -3.46. The molecule has 59 heavy (non-hydrogen) atoms. The third kappa shape index (κ3) is 4.87. The number of nitrogens with zero attached hydrogens (tertiary/aromatic N) is 3. The molecule has 2 atom stereocenters. The van der Waals surface area contributed by atoms with Crippen molar-refractivity contribution in [1.29, 1.82) is 0 Å². The quantitative estimate of drug-likeness (QED) is 0.166. The molecule has 7 heteroatoms. The fraction of sp³-hybridized carbons (Fsp3) is 0.0192. The lowest BCUT2D eigenvalue weighted by Crippen LogP contribution is -2.47. The predicted molar refractivity (Wildman–Crippen MR) is 235 cm³/mol. The number of ether oxygens (including phenoxy) is 1. The van der Waals surface area contributed by atoms with Gasteiger partial charge in [0, 0.05) is 50.2 Å². The molecular weight excluding hydrogens is 746 g/mol. The lowest BCUT2D eigenvalue weighted by atomic mass is 9.63. The Morgan fingerprint density at radius 3 is 1.86 bits per heavy atom. The van der Waals surface area contributed by atoms with Crippen molar-refractivity contribution in [2.24, 2.45) is 0 Å². The Morgan fingerprint density at radius 1 is 0.441 bits per heavy atom. The zero-order chi connectivity index (χ0) is 39.1. The summed E-state index contributed by atoms with van der Waals surface area (Å²) >= 11 is 0. The molecular formula is C52H32N3O3P. The van der Waals surface area contributed by atoms with E-state index in [9.17, 15) is 0 Å². The summed E-state index contributed by atoms with van der Waals surface area (Å²) in [7, 11) is -3.46. The molecule has 0 amide bonds. The van der Waals surface area contributed by atoms with Gasteiger partial charge in [0.15, 0.2) is 7.14 Å². The molecule has 2 unspecified atom stereocenters. The van der Waals surface area contributed by atoms with Gasteiger partial charge >= 0.3 is 0 Å². The molecule has 0 radical (unpaired) electrons. The zero-order valence-corrected chi connectivity index (χ0v) is 32.4. The lowest BCUT2D eigenvalue weighted by Gasteiger charge is -2.47. The van der Waals surface area contributed by atoms with Gasteiger partial charge in [-0.25, -0.2) is 4.98 Å². The largest absolute Gasteiger partial charge is 0.457 e. The van der Waals surface area contributed by atoms with E-state index in [4.69, 9.17) is 14.1 Å². The second-order valence-electron chi connectivity index (χ2n) is 15.0. The third-order valence-electron chi connectivity index (χ3n) is 11.9. The molecule has 6 aromatic carbocycles. The number of fused-ring (bicyclic) bond motifs is 11. The normalized spacial score (nSPS) is 17.5. The maximum absolute atomic E-state index is 16.4. The Kier molecular flexibility index (Phi) is 7.32. The van der Waals surface area contributed by atoms with Crippen molar-refractivity contribution < 1.29 is 13.7 Å². The van der Waals surface area contributed by atoms with Gasteiger partial charge in [0.1, 0.15) is 22.7 Å². The highest BCUT2D eigenvalue weighted by atomic mass is 31.2. The van der Waals surface area contributed by atoms with Crippen LogP contribution in [0.2, 0.25) is 0 Å². The SMILES string of the molecule is O=P1(c2ccccc2)c2ccccc2C2(c3ccccc3Oc3cc(-c4cc(-c5ccccn5)nc(-c5ccccn5)c4)ccc32)c2cc3c(cc21)oc1ccccc13. The molecule has 0 saturated heterocycles. The van der Waals surface area contributed by atoms with Crippen LogP contribution in [-0.4, -0.2) is 15.0 Å². The van der Waals surface area contributed by atoms with E-state index in [0.29, 0.717) is 11.3 Å². The molecule has 6 nitrogen and oxygen atoms in total. The first-order chi connectivity index (χ1) is 29.1. The standard InChI is InChI=1S/C52H32N3O3P/c56-59(35-14-2-1-3-15-35)50-23-9-6-18-40(50)52(41-31-37-36-16-4-7-21-46(36)57-48(37)32-51(41)59)38-17-5-8-22-47(38)58-49-30-33(24-25-39(49)52)34-28-44(42-19-10-12-26-53-42)55-45(29-34)43-20-11-13-27-54-43/h1-32H. The molecule has 0 N–H and O–H groups in total. The second-order valence-corrected chi connectivity index (χ2v) is 17.7. The molecule has 0 fully saturated rings. The molecule has 0 aliphatic carbocycles. The van der Waals surface area contributed by atoms with Crippen LogP contribution in [0.25, 0.3) is 55.8 Å². The van der Waals surface area contributed by atoms with Crippen LogP contribution in [0.1, 0.15) is 22.3 Å². The first-order valence-electron chi connectivity index (χ1n) is 19.6. The van der Waals surface area contributed by atoms with Crippen LogP contribution in [0.3, 0.4) is 0 Å². The molecule has 2 aliphatic rings. The smallest absolute Gasteiger partial charge is 0.171 e. The molecule has 4 aromatic heterocycles. The molecule has 12 rings (SSSR count). The molecule has 6 heterocycles. The number of furan rings is 1. The van der Waals surface area contributed by atoms with Crippen molar-refractivity contribution in [2.45, 2.75) is 5.41 Å². The van der Waals surface area contributed by atoms with Crippen molar-refractivity contribution in [3.8, 4) is 45.4 Å². The van der Waals surface area contributed by atoms with E-state index in [1.165, 1.54) is 0 Å². The van der Waals surface area contributed by atoms with Crippen molar-refractivity contribution in [1.82, 2.24) is 15.0 Å². The molecule has 278 valence electrons. The van der Waals surface area contributed by atoms with Crippen molar-refractivity contribution in [3.05, 3.63) is 217 Å². The number of para-hydroxylation sites is 2. The van der Waals surface area contributed by atoms with Gasteiger partial charge < -0.3 is 13.7 Å². The number of rotatable bonds is 4. The summed E-state index contributed by atoms with van der Waals surface area (Å²) in [4.78, 5) is 14.3. The molecule has 0 saturated carbocycles. The van der Waals surface area contributed by atoms with E-state index in [0.717, 1.165) is 94.2 Å². The summed E-state index contributed by atoms with van der Waals surface area (Å²) < 4.78 is 30.0. The molecule has 10 aromatic rings. The molecule has 1 spiro atoms. The number of hydrogen-bond donors (Lipinski definition) is 0. The van der Waals surface area contributed by atoms with Crippen molar-refractivity contribution in [2.75, 3.05) is 0 Å². The maximum atomic E-state index is 16.4. The molecule has 0 bridgehead atoms. The van der Waals surface area contributed by atoms with E-state index in [-0.39, 0.29) is 0 Å². The number of hydrogen-bond acceptors (Lipinski definition) is 6. The van der Waals surface area contributed by atoms with E-state index >= 15 is 4.57 Å². The summed E-state index contributed by atoms with van der Waals surface area (Å²) in [6.07, 6.45) is 3.56. The number of benzene rings is 6. The number of aromatic nitrogens is 3. The van der Waals surface area contributed by atoms with Crippen LogP contribution >= 0.6 is 7.14 Å². The summed E-state index contributed by atoms with van der Waals surface area (Å²) in [5, 5.41) is 4.32. The Balaban J connectivity index is 1.17. The predicted octanol–water partition coefficient (Wildman–Crippen LogP) is 11.2. The first kappa shape index (κ1) is 33.7. The Hall–Kier alpha value is -7.40. The monoisotopic (exact) mass is 777 g/mol. The Bertz CT molecular complexity index is 3290. The Morgan fingerprint density at radius 2 is 1.10 bits per heavy atom. The van der Waals surface area contributed by atoms with Crippen LogP contribution in [0.5, 0.6) is 11.5 Å². The van der Waals surface area contributed by atoms with Gasteiger partial charge in [-0.2, -0.15) is 0 Å². The van der Waals surface area contributed by atoms with Gasteiger partial charge in [0.2, 0.25) is 0 Å². The van der Waals surface area contributed by atoms with E-state index in [1.54, 1.807) is 12.4 Å². The van der Waals surface area contributed by atoms with Gasteiger partial charge in [-0.15, -0.1) is 0 Å². The average molecular weight is 778 g/mol. The van der Waals surface area contributed by atoms with Crippen LogP contribution < -0.4 is 20.7 Å².